The quantitative estimate of drug-likeness (QED) is 0.193. The summed E-state index contributed by atoms with van der Waals surface area (Å²) in [6, 6.07) is 38.4. The van der Waals surface area contributed by atoms with Crippen LogP contribution < -0.4 is 4.90 Å². The van der Waals surface area contributed by atoms with Crippen molar-refractivity contribution in [3.8, 4) is 27.9 Å². The Bertz CT molecular complexity index is 2630. The second-order valence-corrected chi connectivity index (χ2v) is 10.4. The van der Waals surface area contributed by atoms with E-state index in [0.29, 0.717) is 16.8 Å². The second kappa shape index (κ2) is 11.1. The molecule has 0 amide bonds. The van der Waals surface area contributed by atoms with Crippen LogP contribution in [0, 0.1) is 0 Å². The number of hydrogen-bond donors (Lipinski definition) is 0. The molecule has 44 heavy (non-hydrogen) atoms. The van der Waals surface area contributed by atoms with Crippen LogP contribution in [-0.2, 0) is 0 Å². The predicted molar refractivity (Wildman–Crippen MR) is 186 cm³/mol. The number of rotatable bonds is 6. The molecule has 1 aromatic heterocycles. The van der Waals surface area contributed by atoms with Gasteiger partial charge in [0, 0.05) is 33.5 Å². The Labute approximate surface area is 268 Å². The summed E-state index contributed by atoms with van der Waals surface area (Å²) < 4.78 is 75.4. The molecule has 0 saturated heterocycles. The van der Waals surface area contributed by atoms with E-state index in [1.54, 1.807) is 54.6 Å². The van der Waals surface area contributed by atoms with E-state index in [1.165, 1.54) is 4.90 Å². The molecule has 7 aromatic carbocycles. The Balaban J connectivity index is 1.40. The third-order valence-electron chi connectivity index (χ3n) is 7.72. The number of anilines is 3. The van der Waals surface area contributed by atoms with Crippen LogP contribution in [0.3, 0.4) is 0 Å². The topological polar surface area (TPSA) is 8.17 Å². The summed E-state index contributed by atoms with van der Waals surface area (Å²) in [6.45, 7) is 0. The zero-order chi connectivity index (χ0) is 36.3. The van der Waals surface area contributed by atoms with Crippen molar-refractivity contribution in [2.45, 2.75) is 0 Å². The van der Waals surface area contributed by atoms with Crippen molar-refractivity contribution < 1.29 is 11.0 Å². The molecule has 8 aromatic rings. The summed E-state index contributed by atoms with van der Waals surface area (Å²) in [4.78, 5) is 1.36. The van der Waals surface area contributed by atoms with Crippen LogP contribution in [0.4, 0.5) is 17.1 Å². The van der Waals surface area contributed by atoms with Crippen molar-refractivity contribution in [3.63, 3.8) is 0 Å². The molecule has 8 rings (SSSR count). The van der Waals surface area contributed by atoms with Gasteiger partial charge in [0.25, 0.3) is 0 Å². The lowest BCUT2D eigenvalue weighted by Crippen LogP contribution is -2.09. The fraction of sp³-hybridized carbons (Fsp3) is 0. The van der Waals surface area contributed by atoms with Crippen LogP contribution in [0.25, 0.3) is 49.7 Å². The fourth-order valence-electron chi connectivity index (χ4n) is 5.69. The summed E-state index contributed by atoms with van der Waals surface area (Å²) in [5, 5.41) is 1.85. The van der Waals surface area contributed by atoms with Crippen molar-refractivity contribution in [2.24, 2.45) is 0 Å². The van der Waals surface area contributed by atoms with Gasteiger partial charge in [-0.2, -0.15) is 0 Å². The Hall–Kier alpha value is -5.86. The van der Waals surface area contributed by atoms with Crippen molar-refractivity contribution >= 4 is 38.9 Å². The zero-order valence-corrected chi connectivity index (χ0v) is 23.6. The van der Waals surface area contributed by atoms with Gasteiger partial charge < -0.3 is 9.47 Å². The van der Waals surface area contributed by atoms with Gasteiger partial charge in [-0.05, 0) is 88.9 Å². The predicted octanol–water partition coefficient (Wildman–Crippen LogP) is 11.6. The number of hydrogen-bond acceptors (Lipinski definition) is 1. The maximum Gasteiger partial charge on any atom is 0.0651 e. The second-order valence-electron chi connectivity index (χ2n) is 10.4. The summed E-state index contributed by atoms with van der Waals surface area (Å²) in [7, 11) is 0. The van der Waals surface area contributed by atoms with E-state index >= 15 is 0 Å². The normalized spacial score (nSPS) is 13.7. The third kappa shape index (κ3) is 4.63. The van der Waals surface area contributed by atoms with Gasteiger partial charge >= 0.3 is 0 Å². The van der Waals surface area contributed by atoms with E-state index in [-0.39, 0.29) is 58.8 Å². The summed E-state index contributed by atoms with van der Waals surface area (Å²) >= 11 is 0. The smallest absolute Gasteiger partial charge is 0.0651 e. The SMILES string of the molecule is [2H]c1c([2H])c(-c2ccc3c(c2)c2ccccc2n3-c2ccccc2)c([2H])c(N(c2ccccc2)c2c([2H])c([2H])c(-c3ccccc3)c([2H])c2[2H])c1[2H]. The van der Waals surface area contributed by atoms with E-state index in [4.69, 9.17) is 6.85 Å². The molecule has 1 heterocycles. The average Bonchev–Trinajstić information content (AvgIpc) is 3.51. The number of fused-ring (bicyclic) bond motifs is 3. The molecule has 0 aliphatic rings. The van der Waals surface area contributed by atoms with Crippen LogP contribution in [-0.4, -0.2) is 4.57 Å². The van der Waals surface area contributed by atoms with Gasteiger partial charge in [-0.15, -0.1) is 0 Å². The highest BCUT2D eigenvalue weighted by atomic mass is 15.1. The third-order valence-corrected chi connectivity index (χ3v) is 7.72. The first-order chi connectivity index (χ1) is 25.2. The molecule has 0 bridgehead atoms. The van der Waals surface area contributed by atoms with Gasteiger partial charge in [0.1, 0.15) is 0 Å². The summed E-state index contributed by atoms with van der Waals surface area (Å²) in [6.07, 6.45) is 0. The summed E-state index contributed by atoms with van der Waals surface area (Å²) in [5.74, 6) is 0. The molecule has 2 nitrogen and oxygen atoms in total. The standard InChI is InChI=1S/C42H30N2/c1-4-13-31(14-5-1)32-23-26-37(27-24-32)43(35-16-6-2-7-17-35)38-20-12-15-33(29-38)34-25-28-42-40(30-34)39-21-10-11-22-41(39)44(42)36-18-8-3-9-19-36/h1-30H/i12D,15D,20D,23D,24D,26D,27D,29D. The van der Waals surface area contributed by atoms with Gasteiger partial charge in [-0.1, -0.05) is 115 Å². The van der Waals surface area contributed by atoms with E-state index in [2.05, 4.69) is 4.57 Å². The number of para-hydroxylation sites is 3. The molecular formula is C42H30N2. The highest BCUT2D eigenvalue weighted by Crippen LogP contribution is 2.39. The van der Waals surface area contributed by atoms with Crippen LogP contribution in [0.2, 0.25) is 0 Å². The molecule has 0 radical (unpaired) electrons. The minimum atomic E-state index is -0.437. The fourth-order valence-corrected chi connectivity index (χ4v) is 5.69. The largest absolute Gasteiger partial charge is 0.310 e. The maximum atomic E-state index is 9.64. The van der Waals surface area contributed by atoms with Crippen molar-refractivity contribution in [3.05, 3.63) is 182 Å². The lowest BCUT2D eigenvalue weighted by molar-refractivity contribution is 1.18. The first kappa shape index (κ1) is 18.6. The molecule has 0 spiro atoms. The molecule has 0 aliphatic heterocycles. The Morgan fingerprint density at radius 1 is 0.432 bits per heavy atom. The van der Waals surface area contributed by atoms with Crippen molar-refractivity contribution in [2.75, 3.05) is 4.90 Å². The van der Waals surface area contributed by atoms with Crippen LogP contribution >= 0.6 is 0 Å². The van der Waals surface area contributed by atoms with Gasteiger partial charge in [0.2, 0.25) is 0 Å². The van der Waals surface area contributed by atoms with Crippen molar-refractivity contribution in [1.29, 1.82) is 0 Å². The zero-order valence-electron chi connectivity index (χ0n) is 31.6. The molecule has 0 unspecified atom stereocenters. The van der Waals surface area contributed by atoms with Gasteiger partial charge in [0.05, 0.1) is 22.0 Å². The van der Waals surface area contributed by atoms with E-state index in [0.717, 1.165) is 27.5 Å². The molecule has 0 aliphatic carbocycles. The minimum Gasteiger partial charge on any atom is -0.310 e. The molecule has 0 N–H and O–H groups in total. The van der Waals surface area contributed by atoms with Crippen LogP contribution in [0.5, 0.6) is 0 Å². The number of nitrogens with zero attached hydrogens (tertiary/aromatic N) is 2. The van der Waals surface area contributed by atoms with E-state index < -0.39 is 12.1 Å². The lowest BCUT2D eigenvalue weighted by Gasteiger charge is -2.26. The monoisotopic (exact) mass is 570 g/mol. The highest BCUT2D eigenvalue weighted by Gasteiger charge is 2.16. The van der Waals surface area contributed by atoms with Crippen molar-refractivity contribution in [1.82, 2.24) is 4.57 Å². The Morgan fingerprint density at radius 2 is 1.09 bits per heavy atom. The summed E-state index contributed by atoms with van der Waals surface area (Å²) in [5.41, 5.74) is 4.26. The van der Waals surface area contributed by atoms with Gasteiger partial charge in [0.15, 0.2) is 0 Å². The minimum absolute atomic E-state index is 0.117. The lowest BCUT2D eigenvalue weighted by atomic mass is 10.0. The highest BCUT2D eigenvalue weighted by molar-refractivity contribution is 6.10. The Morgan fingerprint density at radius 3 is 1.86 bits per heavy atom. The van der Waals surface area contributed by atoms with E-state index in [1.807, 2.05) is 78.9 Å². The molecular weight excluding hydrogens is 532 g/mol. The number of aromatic nitrogens is 1. The molecule has 0 fully saturated rings. The molecule has 2 heteroatoms. The molecule has 0 saturated carbocycles. The van der Waals surface area contributed by atoms with Gasteiger partial charge in [-0.25, -0.2) is 0 Å². The first-order valence-electron chi connectivity index (χ1n) is 18.4. The van der Waals surface area contributed by atoms with E-state index in [9.17, 15) is 4.11 Å². The molecule has 208 valence electrons. The Kier molecular flexibility index (Phi) is 4.70. The maximum absolute atomic E-state index is 9.64. The first-order valence-corrected chi connectivity index (χ1v) is 14.4. The molecule has 0 atom stereocenters. The van der Waals surface area contributed by atoms with Crippen LogP contribution in [0.15, 0.2) is 182 Å². The van der Waals surface area contributed by atoms with Crippen LogP contribution in [0.1, 0.15) is 11.0 Å². The number of benzene rings is 7. The van der Waals surface area contributed by atoms with Gasteiger partial charge in [-0.3, -0.25) is 0 Å². The average molecular weight is 571 g/mol.